The summed E-state index contributed by atoms with van der Waals surface area (Å²) in [6.45, 7) is 0. The molecule has 3 aromatic rings. The van der Waals surface area contributed by atoms with E-state index in [0.29, 0.717) is 0 Å². The van der Waals surface area contributed by atoms with Crippen LogP contribution in [0.4, 0.5) is 0 Å². The van der Waals surface area contributed by atoms with Gasteiger partial charge < -0.3 is 4.57 Å². The maximum atomic E-state index is 2.18. The van der Waals surface area contributed by atoms with Gasteiger partial charge in [-0.15, -0.1) is 11.8 Å². The molecule has 0 saturated carbocycles. The quantitative estimate of drug-likeness (QED) is 0.615. The Balaban J connectivity index is 1.82. The first-order valence-corrected chi connectivity index (χ1v) is 7.31. The van der Waals surface area contributed by atoms with E-state index in [4.69, 9.17) is 0 Å². The molecule has 1 aromatic heterocycles. The number of thioether (sulfide) groups is 1. The molecule has 0 spiro atoms. The van der Waals surface area contributed by atoms with Gasteiger partial charge in [0.15, 0.2) is 0 Å². The summed E-state index contributed by atoms with van der Waals surface area (Å²) in [5, 5.41) is 0. The standard InChI is InChI=1S/C17H15NS/c1-2-8-15(9-3-1)14-19-17-11-5-4-10-16(17)18-12-6-7-13-18/h1-13H,14H2. The molecule has 1 heterocycles. The van der Waals surface area contributed by atoms with Crippen LogP contribution in [0.3, 0.4) is 0 Å². The normalized spacial score (nSPS) is 10.5. The fourth-order valence-electron chi connectivity index (χ4n) is 2.02. The molecule has 2 heteroatoms. The Morgan fingerprint density at radius 2 is 1.42 bits per heavy atom. The molecule has 2 aromatic carbocycles. The first-order valence-electron chi connectivity index (χ1n) is 6.32. The molecule has 0 aliphatic heterocycles. The van der Waals surface area contributed by atoms with Gasteiger partial charge in [0.2, 0.25) is 0 Å². The number of hydrogen-bond acceptors (Lipinski definition) is 1. The molecule has 0 atom stereocenters. The summed E-state index contributed by atoms with van der Waals surface area (Å²) >= 11 is 1.88. The first kappa shape index (κ1) is 12.1. The maximum absolute atomic E-state index is 2.18. The van der Waals surface area contributed by atoms with Gasteiger partial charge in [-0.3, -0.25) is 0 Å². The SMILES string of the molecule is c1ccc(CSc2ccccc2-n2cccc2)cc1. The third-order valence-corrected chi connectivity index (χ3v) is 4.12. The molecule has 0 amide bonds. The van der Waals surface area contributed by atoms with Crippen molar-refractivity contribution in [2.24, 2.45) is 0 Å². The van der Waals surface area contributed by atoms with Crippen LogP contribution in [0.5, 0.6) is 0 Å². The van der Waals surface area contributed by atoms with Gasteiger partial charge in [-0.2, -0.15) is 0 Å². The molecule has 0 aliphatic carbocycles. The summed E-state index contributed by atoms with van der Waals surface area (Å²) in [5.41, 5.74) is 2.60. The summed E-state index contributed by atoms with van der Waals surface area (Å²) < 4.78 is 2.16. The van der Waals surface area contributed by atoms with Gasteiger partial charge >= 0.3 is 0 Å². The monoisotopic (exact) mass is 265 g/mol. The predicted octanol–water partition coefficient (Wildman–Crippen LogP) is 4.77. The Morgan fingerprint density at radius 3 is 2.21 bits per heavy atom. The highest BCUT2D eigenvalue weighted by atomic mass is 32.2. The summed E-state index contributed by atoms with van der Waals surface area (Å²) in [6, 6.07) is 23.2. The molecule has 0 radical (unpaired) electrons. The molecule has 0 N–H and O–H groups in total. The summed E-state index contributed by atoms with van der Waals surface area (Å²) in [7, 11) is 0. The van der Waals surface area contributed by atoms with E-state index < -0.39 is 0 Å². The van der Waals surface area contributed by atoms with E-state index in [1.54, 1.807) is 0 Å². The van der Waals surface area contributed by atoms with Crippen LogP contribution in [0, 0.1) is 0 Å². The minimum absolute atomic E-state index is 0.999. The zero-order chi connectivity index (χ0) is 12.9. The van der Waals surface area contributed by atoms with Crippen molar-refractivity contribution in [3.63, 3.8) is 0 Å². The molecular weight excluding hydrogens is 250 g/mol. The average Bonchev–Trinajstić information content (AvgIpc) is 3.01. The summed E-state index contributed by atoms with van der Waals surface area (Å²) in [5.74, 6) is 0.999. The van der Waals surface area contributed by atoms with Crippen molar-refractivity contribution in [2.75, 3.05) is 0 Å². The average molecular weight is 265 g/mol. The number of nitrogens with zero attached hydrogens (tertiary/aromatic N) is 1. The smallest absolute Gasteiger partial charge is 0.0585 e. The van der Waals surface area contributed by atoms with Crippen LogP contribution in [0.1, 0.15) is 5.56 Å². The molecule has 3 rings (SSSR count). The van der Waals surface area contributed by atoms with Crippen LogP contribution in [0.2, 0.25) is 0 Å². The van der Waals surface area contributed by atoms with E-state index >= 15 is 0 Å². The van der Waals surface area contributed by atoms with E-state index in [2.05, 4.69) is 83.7 Å². The molecule has 0 aliphatic rings. The Bertz CT molecular complexity index is 629. The van der Waals surface area contributed by atoms with Gasteiger partial charge in [-0.05, 0) is 29.8 Å². The number of benzene rings is 2. The van der Waals surface area contributed by atoms with Gasteiger partial charge in [0.05, 0.1) is 5.69 Å². The Labute approximate surface area is 117 Å². The van der Waals surface area contributed by atoms with Crippen LogP contribution >= 0.6 is 11.8 Å². The highest BCUT2D eigenvalue weighted by molar-refractivity contribution is 7.98. The molecule has 0 saturated heterocycles. The second kappa shape index (κ2) is 5.81. The molecule has 1 nitrogen and oxygen atoms in total. The molecule has 94 valence electrons. The predicted molar refractivity (Wildman–Crippen MR) is 81.8 cm³/mol. The Kier molecular flexibility index (Phi) is 3.70. The van der Waals surface area contributed by atoms with Crippen LogP contribution in [0.25, 0.3) is 5.69 Å². The lowest BCUT2D eigenvalue weighted by Crippen LogP contribution is -1.92. The first-order chi connectivity index (χ1) is 9.43. The topological polar surface area (TPSA) is 4.93 Å². The van der Waals surface area contributed by atoms with Crippen molar-refractivity contribution >= 4 is 11.8 Å². The Hall–Kier alpha value is -1.93. The van der Waals surface area contributed by atoms with Crippen LogP contribution < -0.4 is 0 Å². The zero-order valence-electron chi connectivity index (χ0n) is 10.6. The lowest BCUT2D eigenvalue weighted by molar-refractivity contribution is 1.04. The lowest BCUT2D eigenvalue weighted by atomic mass is 10.2. The minimum Gasteiger partial charge on any atom is -0.323 e. The zero-order valence-corrected chi connectivity index (χ0v) is 11.4. The van der Waals surface area contributed by atoms with Crippen LogP contribution in [-0.4, -0.2) is 4.57 Å². The van der Waals surface area contributed by atoms with Crippen molar-refractivity contribution in [3.8, 4) is 5.69 Å². The van der Waals surface area contributed by atoms with Crippen molar-refractivity contribution in [2.45, 2.75) is 10.6 Å². The Morgan fingerprint density at radius 1 is 0.737 bits per heavy atom. The van der Waals surface area contributed by atoms with Crippen molar-refractivity contribution in [1.82, 2.24) is 4.57 Å². The van der Waals surface area contributed by atoms with E-state index in [1.165, 1.54) is 16.1 Å². The van der Waals surface area contributed by atoms with E-state index in [1.807, 2.05) is 11.8 Å². The van der Waals surface area contributed by atoms with Crippen molar-refractivity contribution in [3.05, 3.63) is 84.7 Å². The van der Waals surface area contributed by atoms with Gasteiger partial charge in [-0.1, -0.05) is 42.5 Å². The third kappa shape index (κ3) is 2.91. The largest absolute Gasteiger partial charge is 0.323 e. The van der Waals surface area contributed by atoms with Gasteiger partial charge in [-0.25, -0.2) is 0 Å². The highest BCUT2D eigenvalue weighted by Gasteiger charge is 2.03. The summed E-state index contributed by atoms with van der Waals surface area (Å²) in [6.07, 6.45) is 4.17. The van der Waals surface area contributed by atoms with Crippen LogP contribution in [0.15, 0.2) is 84.0 Å². The van der Waals surface area contributed by atoms with Gasteiger partial charge in [0, 0.05) is 23.0 Å². The third-order valence-electron chi connectivity index (χ3n) is 2.99. The second-order valence-electron chi connectivity index (χ2n) is 4.33. The fourth-order valence-corrected chi connectivity index (χ4v) is 3.03. The number of hydrogen-bond donors (Lipinski definition) is 0. The number of aromatic nitrogens is 1. The maximum Gasteiger partial charge on any atom is 0.0585 e. The molecular formula is C17H15NS. The minimum atomic E-state index is 0.999. The van der Waals surface area contributed by atoms with Gasteiger partial charge in [0.25, 0.3) is 0 Å². The van der Waals surface area contributed by atoms with Crippen LogP contribution in [-0.2, 0) is 5.75 Å². The molecule has 0 unspecified atom stereocenters. The van der Waals surface area contributed by atoms with E-state index in [-0.39, 0.29) is 0 Å². The number of rotatable bonds is 4. The molecule has 0 bridgehead atoms. The second-order valence-corrected chi connectivity index (χ2v) is 5.35. The highest BCUT2D eigenvalue weighted by Crippen LogP contribution is 2.28. The van der Waals surface area contributed by atoms with E-state index in [0.717, 1.165) is 5.75 Å². The van der Waals surface area contributed by atoms with Gasteiger partial charge in [0.1, 0.15) is 0 Å². The lowest BCUT2D eigenvalue weighted by Gasteiger charge is -2.10. The molecule has 19 heavy (non-hydrogen) atoms. The van der Waals surface area contributed by atoms with E-state index in [9.17, 15) is 0 Å². The fraction of sp³-hybridized carbons (Fsp3) is 0.0588. The number of para-hydroxylation sites is 1. The summed E-state index contributed by atoms with van der Waals surface area (Å²) in [4.78, 5) is 1.31. The van der Waals surface area contributed by atoms with Crippen molar-refractivity contribution < 1.29 is 0 Å². The van der Waals surface area contributed by atoms with Crippen molar-refractivity contribution in [1.29, 1.82) is 0 Å². The molecule has 0 fully saturated rings.